The summed E-state index contributed by atoms with van der Waals surface area (Å²) in [5, 5.41) is 0. The van der Waals surface area contributed by atoms with Crippen molar-refractivity contribution in [3.05, 3.63) is 42.2 Å². The van der Waals surface area contributed by atoms with Gasteiger partial charge in [0.1, 0.15) is 5.75 Å². The molecule has 88 valence electrons. The maximum Gasteiger partial charge on any atom is 0.142 e. The lowest BCUT2D eigenvalue weighted by Crippen LogP contribution is -1.97. The summed E-state index contributed by atoms with van der Waals surface area (Å²) >= 11 is 0. The molecule has 0 aliphatic heterocycles. The summed E-state index contributed by atoms with van der Waals surface area (Å²) in [7, 11) is 0. The molecule has 0 aliphatic rings. The number of hydrogen-bond donors (Lipinski definition) is 1. The second-order valence-corrected chi connectivity index (χ2v) is 3.87. The Hall–Kier alpha value is -2.03. The molecule has 0 radical (unpaired) electrons. The van der Waals surface area contributed by atoms with Gasteiger partial charge >= 0.3 is 0 Å². The van der Waals surface area contributed by atoms with Crippen molar-refractivity contribution in [2.24, 2.45) is 0 Å². The van der Waals surface area contributed by atoms with Gasteiger partial charge in [-0.2, -0.15) is 0 Å². The Kier molecular flexibility index (Phi) is 3.28. The molecule has 1 heterocycles. The van der Waals surface area contributed by atoms with E-state index in [2.05, 4.69) is 4.98 Å². The summed E-state index contributed by atoms with van der Waals surface area (Å²) in [6, 6.07) is 9.83. The smallest absolute Gasteiger partial charge is 0.142 e. The van der Waals surface area contributed by atoms with Gasteiger partial charge in [-0.1, -0.05) is 12.1 Å². The molecule has 0 spiro atoms. The van der Waals surface area contributed by atoms with Crippen molar-refractivity contribution in [2.45, 2.75) is 13.8 Å². The molecule has 0 amide bonds. The van der Waals surface area contributed by atoms with Crippen LogP contribution in [0.15, 0.2) is 36.5 Å². The summed E-state index contributed by atoms with van der Waals surface area (Å²) in [4.78, 5) is 4.27. The van der Waals surface area contributed by atoms with Crippen molar-refractivity contribution in [1.29, 1.82) is 0 Å². The number of nitrogen functional groups attached to an aromatic ring is 1. The van der Waals surface area contributed by atoms with E-state index in [1.807, 2.05) is 50.4 Å². The molecule has 2 rings (SSSR count). The normalized spacial score (nSPS) is 10.2. The van der Waals surface area contributed by atoms with Gasteiger partial charge in [0.2, 0.25) is 0 Å². The first kappa shape index (κ1) is 11.5. The second-order valence-electron chi connectivity index (χ2n) is 3.87. The molecule has 0 saturated heterocycles. The zero-order valence-corrected chi connectivity index (χ0v) is 10.1. The van der Waals surface area contributed by atoms with Crippen LogP contribution in [-0.4, -0.2) is 11.6 Å². The van der Waals surface area contributed by atoms with Crippen LogP contribution < -0.4 is 10.5 Å². The molecule has 3 heteroatoms. The Morgan fingerprint density at radius 2 is 1.94 bits per heavy atom. The number of pyridine rings is 1. The third-order valence-electron chi connectivity index (χ3n) is 2.55. The number of ether oxygens (including phenoxy) is 1. The zero-order chi connectivity index (χ0) is 12.3. The van der Waals surface area contributed by atoms with E-state index in [0.29, 0.717) is 12.3 Å². The monoisotopic (exact) mass is 228 g/mol. The van der Waals surface area contributed by atoms with Crippen LogP contribution in [0.1, 0.15) is 12.6 Å². The van der Waals surface area contributed by atoms with Gasteiger partial charge in [-0.05, 0) is 37.6 Å². The van der Waals surface area contributed by atoms with Crippen LogP contribution in [0.2, 0.25) is 0 Å². The van der Waals surface area contributed by atoms with Gasteiger partial charge < -0.3 is 10.5 Å². The summed E-state index contributed by atoms with van der Waals surface area (Å²) in [6.45, 7) is 4.53. The lowest BCUT2D eigenvalue weighted by molar-refractivity contribution is 0.342. The predicted octanol–water partition coefficient (Wildman–Crippen LogP) is 3.04. The minimum atomic E-state index is 0.621. The molecule has 0 unspecified atom stereocenters. The van der Waals surface area contributed by atoms with Crippen LogP contribution in [0, 0.1) is 6.92 Å². The molecule has 0 bridgehead atoms. The van der Waals surface area contributed by atoms with E-state index in [4.69, 9.17) is 10.5 Å². The average Bonchev–Trinajstić information content (AvgIpc) is 2.33. The number of anilines is 1. The minimum absolute atomic E-state index is 0.621. The Bertz CT molecular complexity index is 506. The van der Waals surface area contributed by atoms with E-state index in [1.165, 1.54) is 0 Å². The Labute approximate surface area is 101 Å². The number of benzene rings is 1. The zero-order valence-electron chi connectivity index (χ0n) is 10.1. The SMILES string of the molecule is CCOc1ccc(-c2ccc(C)nc2)cc1N. The maximum absolute atomic E-state index is 5.93. The number of nitrogens with zero attached hydrogens (tertiary/aromatic N) is 1. The van der Waals surface area contributed by atoms with E-state index in [0.717, 1.165) is 22.6 Å². The van der Waals surface area contributed by atoms with Gasteiger partial charge in [-0.25, -0.2) is 0 Å². The third-order valence-corrected chi connectivity index (χ3v) is 2.55. The highest BCUT2D eigenvalue weighted by atomic mass is 16.5. The van der Waals surface area contributed by atoms with Crippen LogP contribution in [0.4, 0.5) is 5.69 Å². The van der Waals surface area contributed by atoms with Gasteiger partial charge in [0.25, 0.3) is 0 Å². The first-order valence-electron chi connectivity index (χ1n) is 5.66. The fourth-order valence-electron chi connectivity index (χ4n) is 1.65. The fraction of sp³-hybridized carbons (Fsp3) is 0.214. The van der Waals surface area contributed by atoms with Crippen LogP contribution in [0.25, 0.3) is 11.1 Å². The van der Waals surface area contributed by atoms with Crippen molar-refractivity contribution < 1.29 is 4.74 Å². The fourth-order valence-corrected chi connectivity index (χ4v) is 1.65. The molecule has 17 heavy (non-hydrogen) atoms. The minimum Gasteiger partial charge on any atom is -0.492 e. The van der Waals surface area contributed by atoms with E-state index in [-0.39, 0.29) is 0 Å². The molecule has 2 aromatic rings. The number of aromatic nitrogens is 1. The number of nitrogens with two attached hydrogens (primary N) is 1. The second kappa shape index (κ2) is 4.87. The number of rotatable bonds is 3. The van der Waals surface area contributed by atoms with Crippen molar-refractivity contribution in [3.63, 3.8) is 0 Å². The highest BCUT2D eigenvalue weighted by molar-refractivity contribution is 5.70. The molecule has 1 aromatic carbocycles. The van der Waals surface area contributed by atoms with Crippen LogP contribution in [-0.2, 0) is 0 Å². The molecule has 3 nitrogen and oxygen atoms in total. The molecule has 0 aliphatic carbocycles. The lowest BCUT2D eigenvalue weighted by atomic mass is 10.1. The molecule has 0 atom stereocenters. The van der Waals surface area contributed by atoms with E-state index in [9.17, 15) is 0 Å². The molecule has 0 fully saturated rings. The topological polar surface area (TPSA) is 48.1 Å². The van der Waals surface area contributed by atoms with Crippen molar-refractivity contribution in [1.82, 2.24) is 4.98 Å². The quantitative estimate of drug-likeness (QED) is 0.821. The van der Waals surface area contributed by atoms with Crippen molar-refractivity contribution in [2.75, 3.05) is 12.3 Å². The van der Waals surface area contributed by atoms with E-state index >= 15 is 0 Å². The van der Waals surface area contributed by atoms with Gasteiger partial charge in [0.15, 0.2) is 0 Å². The Morgan fingerprint density at radius 1 is 1.18 bits per heavy atom. The summed E-state index contributed by atoms with van der Waals surface area (Å²) < 4.78 is 5.41. The van der Waals surface area contributed by atoms with Crippen LogP contribution in [0.3, 0.4) is 0 Å². The van der Waals surface area contributed by atoms with Crippen LogP contribution >= 0.6 is 0 Å². The van der Waals surface area contributed by atoms with Crippen molar-refractivity contribution >= 4 is 5.69 Å². The number of aryl methyl sites for hydroxylation is 1. The third kappa shape index (κ3) is 2.56. The Balaban J connectivity index is 2.34. The molecular formula is C14H16N2O. The standard InChI is InChI=1S/C14H16N2O/c1-3-17-14-7-6-11(8-13(14)15)12-5-4-10(2)16-9-12/h4-9H,3,15H2,1-2H3. The highest BCUT2D eigenvalue weighted by Gasteiger charge is 2.03. The maximum atomic E-state index is 5.93. The summed E-state index contributed by atoms with van der Waals surface area (Å²) in [6.07, 6.45) is 1.85. The van der Waals surface area contributed by atoms with E-state index < -0.39 is 0 Å². The first-order chi connectivity index (χ1) is 8.20. The number of hydrogen-bond acceptors (Lipinski definition) is 3. The molecule has 2 N–H and O–H groups in total. The van der Waals surface area contributed by atoms with Gasteiger partial charge in [0, 0.05) is 17.5 Å². The average molecular weight is 228 g/mol. The lowest BCUT2D eigenvalue weighted by Gasteiger charge is -2.08. The van der Waals surface area contributed by atoms with E-state index in [1.54, 1.807) is 0 Å². The predicted molar refractivity (Wildman–Crippen MR) is 70.0 cm³/mol. The van der Waals surface area contributed by atoms with Crippen molar-refractivity contribution in [3.8, 4) is 16.9 Å². The molecular weight excluding hydrogens is 212 g/mol. The summed E-state index contributed by atoms with van der Waals surface area (Å²) in [5.41, 5.74) is 9.71. The molecule has 1 aromatic heterocycles. The first-order valence-corrected chi connectivity index (χ1v) is 5.66. The molecule has 0 saturated carbocycles. The Morgan fingerprint density at radius 3 is 2.53 bits per heavy atom. The largest absolute Gasteiger partial charge is 0.492 e. The van der Waals surface area contributed by atoms with Gasteiger partial charge in [-0.3, -0.25) is 4.98 Å². The van der Waals surface area contributed by atoms with Gasteiger partial charge in [-0.15, -0.1) is 0 Å². The summed E-state index contributed by atoms with van der Waals surface area (Å²) in [5.74, 6) is 0.733. The highest BCUT2D eigenvalue weighted by Crippen LogP contribution is 2.28. The van der Waals surface area contributed by atoms with Crippen LogP contribution in [0.5, 0.6) is 5.75 Å². The van der Waals surface area contributed by atoms with Gasteiger partial charge in [0.05, 0.1) is 12.3 Å².